The third-order valence-corrected chi connectivity index (χ3v) is 4.25. The van der Waals surface area contributed by atoms with E-state index in [-0.39, 0.29) is 11.7 Å². The van der Waals surface area contributed by atoms with E-state index in [2.05, 4.69) is 5.32 Å². The lowest BCUT2D eigenvalue weighted by atomic mass is 10.1. The number of hydrogen-bond donors (Lipinski definition) is 1. The van der Waals surface area contributed by atoms with E-state index in [9.17, 15) is 13.2 Å². The summed E-state index contributed by atoms with van der Waals surface area (Å²) in [5.74, 6) is -3.06. The summed E-state index contributed by atoms with van der Waals surface area (Å²) in [6.07, 6.45) is 0. The van der Waals surface area contributed by atoms with Crippen molar-refractivity contribution in [2.45, 2.75) is 10.9 Å². The minimum absolute atomic E-state index is 0.0128. The Morgan fingerprint density at radius 1 is 1.00 bits per heavy atom. The van der Waals surface area contributed by atoms with Crippen molar-refractivity contribution in [3.8, 4) is 0 Å². The maximum absolute atomic E-state index is 13.6. The lowest BCUT2D eigenvalue weighted by Gasteiger charge is -2.15. The zero-order valence-electron chi connectivity index (χ0n) is 9.79. The maximum Gasteiger partial charge on any atom is 0.196 e. The van der Waals surface area contributed by atoms with Gasteiger partial charge in [-0.1, -0.05) is 18.2 Å². The minimum atomic E-state index is -1.44. The summed E-state index contributed by atoms with van der Waals surface area (Å²) in [5, 5.41) is 2.93. The lowest BCUT2D eigenvalue weighted by Crippen LogP contribution is -2.11. The number of halogens is 3. The first-order valence-electron chi connectivity index (χ1n) is 5.78. The Bertz CT molecular complexity index is 630. The lowest BCUT2D eigenvalue weighted by molar-refractivity contribution is 0.448. The third kappa shape index (κ3) is 2.18. The van der Waals surface area contributed by atoms with Gasteiger partial charge in [0.05, 0.1) is 11.7 Å². The molecule has 0 aromatic heterocycles. The van der Waals surface area contributed by atoms with E-state index in [0.29, 0.717) is 0 Å². The van der Waals surface area contributed by atoms with E-state index < -0.39 is 17.5 Å². The molecule has 1 aliphatic heterocycles. The summed E-state index contributed by atoms with van der Waals surface area (Å²) in [6, 6.07) is 9.83. The number of anilines is 1. The van der Waals surface area contributed by atoms with Gasteiger partial charge in [-0.3, -0.25) is 0 Å². The van der Waals surface area contributed by atoms with E-state index in [4.69, 9.17) is 0 Å². The largest absolute Gasteiger partial charge is 0.375 e. The van der Waals surface area contributed by atoms with Crippen LogP contribution < -0.4 is 5.32 Å². The van der Waals surface area contributed by atoms with Crippen LogP contribution in [0.1, 0.15) is 11.6 Å². The molecule has 1 heterocycles. The fraction of sp³-hybridized carbons (Fsp3) is 0.143. The van der Waals surface area contributed by atoms with E-state index in [1.54, 1.807) is 11.8 Å². The highest BCUT2D eigenvalue weighted by Gasteiger charge is 2.24. The van der Waals surface area contributed by atoms with Crippen LogP contribution in [0.25, 0.3) is 0 Å². The molecule has 2 aromatic carbocycles. The molecule has 0 amide bonds. The highest BCUT2D eigenvalue weighted by Crippen LogP contribution is 2.40. The number of thioether (sulfide) groups is 1. The van der Waals surface area contributed by atoms with Gasteiger partial charge in [-0.05, 0) is 23.8 Å². The predicted octanol–water partition coefficient (Wildman–Crippen LogP) is 4.36. The van der Waals surface area contributed by atoms with Crippen LogP contribution in [0.3, 0.4) is 0 Å². The summed E-state index contributed by atoms with van der Waals surface area (Å²) in [6.45, 7) is 0. The molecule has 0 aliphatic carbocycles. The Hall–Kier alpha value is -1.62. The van der Waals surface area contributed by atoms with Gasteiger partial charge in [0.25, 0.3) is 0 Å². The zero-order valence-corrected chi connectivity index (χ0v) is 10.6. The first-order chi connectivity index (χ1) is 9.16. The number of fused-ring (bicyclic) bond motifs is 1. The second-order valence-electron chi connectivity index (χ2n) is 4.27. The van der Waals surface area contributed by atoms with Gasteiger partial charge in [0, 0.05) is 10.6 Å². The van der Waals surface area contributed by atoms with Crippen LogP contribution in [0, 0.1) is 17.5 Å². The van der Waals surface area contributed by atoms with Gasteiger partial charge >= 0.3 is 0 Å². The molecule has 0 fully saturated rings. The first-order valence-corrected chi connectivity index (χ1v) is 6.77. The number of benzene rings is 2. The normalized spacial score (nSPS) is 17.3. The Balaban J connectivity index is 1.90. The Labute approximate surface area is 112 Å². The van der Waals surface area contributed by atoms with Crippen molar-refractivity contribution in [1.29, 1.82) is 0 Å². The van der Waals surface area contributed by atoms with Gasteiger partial charge < -0.3 is 5.32 Å². The van der Waals surface area contributed by atoms with Crippen LogP contribution in [0.15, 0.2) is 41.3 Å². The zero-order chi connectivity index (χ0) is 13.4. The van der Waals surface area contributed by atoms with Gasteiger partial charge in [-0.15, -0.1) is 11.8 Å². The van der Waals surface area contributed by atoms with Crippen molar-refractivity contribution < 1.29 is 13.2 Å². The van der Waals surface area contributed by atoms with Crippen LogP contribution >= 0.6 is 11.8 Å². The fourth-order valence-corrected chi connectivity index (χ4v) is 3.27. The Morgan fingerprint density at radius 3 is 2.63 bits per heavy atom. The molecule has 0 spiro atoms. The van der Waals surface area contributed by atoms with Crippen LogP contribution in [0.5, 0.6) is 0 Å². The first kappa shape index (κ1) is 12.4. The molecule has 1 N–H and O–H groups in total. The van der Waals surface area contributed by atoms with Gasteiger partial charge in [-0.2, -0.15) is 0 Å². The van der Waals surface area contributed by atoms with Crippen molar-refractivity contribution >= 4 is 17.4 Å². The molecule has 0 radical (unpaired) electrons. The molecule has 0 saturated heterocycles. The SMILES string of the molecule is Fc1ccc(NC2CSc3ccccc32)c(F)c1F. The molecule has 0 saturated carbocycles. The maximum atomic E-state index is 13.6. The molecular weight excluding hydrogens is 271 g/mol. The quantitative estimate of drug-likeness (QED) is 0.821. The van der Waals surface area contributed by atoms with Crippen molar-refractivity contribution in [3.05, 3.63) is 59.4 Å². The molecule has 1 atom stereocenters. The predicted molar refractivity (Wildman–Crippen MR) is 69.8 cm³/mol. The van der Waals surface area contributed by atoms with Gasteiger partial charge in [0.2, 0.25) is 0 Å². The van der Waals surface area contributed by atoms with Gasteiger partial charge in [0.1, 0.15) is 0 Å². The summed E-state index contributed by atoms with van der Waals surface area (Å²) >= 11 is 1.66. The van der Waals surface area contributed by atoms with Crippen LogP contribution in [0.4, 0.5) is 18.9 Å². The second kappa shape index (κ2) is 4.81. The van der Waals surface area contributed by atoms with E-state index >= 15 is 0 Å². The van der Waals surface area contributed by atoms with Crippen molar-refractivity contribution in [2.75, 3.05) is 11.1 Å². The second-order valence-corrected chi connectivity index (χ2v) is 5.33. The summed E-state index contributed by atoms with van der Waals surface area (Å²) in [5.41, 5.74) is 1.04. The van der Waals surface area contributed by atoms with Gasteiger partial charge in [-0.25, -0.2) is 13.2 Å². The minimum Gasteiger partial charge on any atom is -0.375 e. The molecule has 1 nitrogen and oxygen atoms in total. The number of nitrogens with one attached hydrogen (secondary N) is 1. The molecule has 1 aliphatic rings. The topological polar surface area (TPSA) is 12.0 Å². The summed E-state index contributed by atoms with van der Waals surface area (Å²) < 4.78 is 39.6. The van der Waals surface area contributed by atoms with E-state index in [0.717, 1.165) is 22.3 Å². The van der Waals surface area contributed by atoms with Crippen LogP contribution in [-0.2, 0) is 0 Å². The van der Waals surface area contributed by atoms with E-state index in [1.807, 2.05) is 24.3 Å². The van der Waals surface area contributed by atoms with Crippen molar-refractivity contribution in [2.24, 2.45) is 0 Å². The molecule has 5 heteroatoms. The average molecular weight is 281 g/mol. The number of rotatable bonds is 2. The Kier molecular flexibility index (Phi) is 3.14. The van der Waals surface area contributed by atoms with Crippen LogP contribution in [0.2, 0.25) is 0 Å². The molecule has 1 unspecified atom stereocenters. The number of hydrogen-bond acceptors (Lipinski definition) is 2. The summed E-state index contributed by atoms with van der Waals surface area (Å²) in [4.78, 5) is 1.13. The molecule has 0 bridgehead atoms. The highest BCUT2D eigenvalue weighted by molar-refractivity contribution is 7.99. The van der Waals surface area contributed by atoms with Crippen molar-refractivity contribution in [3.63, 3.8) is 0 Å². The smallest absolute Gasteiger partial charge is 0.196 e. The highest BCUT2D eigenvalue weighted by atomic mass is 32.2. The van der Waals surface area contributed by atoms with Crippen molar-refractivity contribution in [1.82, 2.24) is 0 Å². The molecule has 3 rings (SSSR count). The fourth-order valence-electron chi connectivity index (χ4n) is 2.11. The van der Waals surface area contributed by atoms with E-state index in [1.165, 1.54) is 6.07 Å². The monoisotopic (exact) mass is 281 g/mol. The third-order valence-electron chi connectivity index (χ3n) is 3.06. The molecule has 98 valence electrons. The Morgan fingerprint density at radius 2 is 1.79 bits per heavy atom. The molecule has 19 heavy (non-hydrogen) atoms. The van der Waals surface area contributed by atoms with Gasteiger partial charge in [0.15, 0.2) is 17.5 Å². The molecular formula is C14H10F3NS. The standard InChI is InChI=1S/C14H10F3NS/c15-9-5-6-10(14(17)13(9)16)18-11-7-19-12-4-2-1-3-8(11)12/h1-6,11,18H,7H2. The van der Waals surface area contributed by atoms with Crippen LogP contribution in [-0.4, -0.2) is 5.75 Å². The summed E-state index contributed by atoms with van der Waals surface area (Å²) in [7, 11) is 0. The molecule has 2 aromatic rings. The average Bonchev–Trinajstić information content (AvgIpc) is 2.83.